The molecule has 0 bridgehead atoms. The second-order valence-corrected chi connectivity index (χ2v) is 8.10. The van der Waals surface area contributed by atoms with Gasteiger partial charge in [-0.2, -0.15) is 10.2 Å². The molecular weight excluding hydrogens is 426 g/mol. The molecule has 2 aromatic carbocycles. The third-order valence-corrected chi connectivity index (χ3v) is 5.76. The van der Waals surface area contributed by atoms with Crippen molar-refractivity contribution < 1.29 is 4.79 Å². The van der Waals surface area contributed by atoms with Crippen LogP contribution < -0.4 is 10.9 Å². The van der Waals surface area contributed by atoms with Crippen molar-refractivity contribution in [2.45, 2.75) is 39.8 Å². The molecule has 0 aliphatic heterocycles. The molecule has 2 heterocycles. The molecule has 0 saturated carbocycles. The molecule has 4 aromatic rings. The van der Waals surface area contributed by atoms with E-state index < -0.39 is 6.04 Å². The van der Waals surface area contributed by atoms with Crippen LogP contribution in [-0.4, -0.2) is 25.5 Å². The van der Waals surface area contributed by atoms with Crippen LogP contribution >= 0.6 is 11.6 Å². The van der Waals surface area contributed by atoms with Gasteiger partial charge in [-0.15, -0.1) is 0 Å². The number of nitrogens with zero attached hydrogens (tertiary/aromatic N) is 4. The molecule has 0 aliphatic rings. The van der Waals surface area contributed by atoms with E-state index in [2.05, 4.69) is 15.5 Å². The lowest BCUT2D eigenvalue weighted by Gasteiger charge is -2.17. The quantitative estimate of drug-likeness (QED) is 0.480. The predicted molar refractivity (Wildman–Crippen MR) is 125 cm³/mol. The summed E-state index contributed by atoms with van der Waals surface area (Å²) in [5.74, 6) is -0.269. The van der Waals surface area contributed by atoms with Gasteiger partial charge in [0.15, 0.2) is 5.52 Å². The van der Waals surface area contributed by atoms with Gasteiger partial charge in [0.1, 0.15) is 6.04 Å². The van der Waals surface area contributed by atoms with E-state index in [1.807, 2.05) is 63.2 Å². The molecule has 32 heavy (non-hydrogen) atoms. The Hall–Kier alpha value is -3.45. The van der Waals surface area contributed by atoms with Crippen LogP contribution in [0.1, 0.15) is 36.3 Å². The van der Waals surface area contributed by atoms with Gasteiger partial charge in [0.2, 0.25) is 5.91 Å². The first-order chi connectivity index (χ1) is 15.4. The molecule has 0 radical (unpaired) electrons. The lowest BCUT2D eigenvalue weighted by molar-refractivity contribution is -0.125. The van der Waals surface area contributed by atoms with E-state index in [4.69, 9.17) is 11.6 Å². The number of hydrogen-bond acceptors (Lipinski definition) is 4. The van der Waals surface area contributed by atoms with Crippen molar-refractivity contribution >= 4 is 28.4 Å². The van der Waals surface area contributed by atoms with Gasteiger partial charge in [-0.1, -0.05) is 48.9 Å². The maximum absolute atomic E-state index is 13.3. The highest BCUT2D eigenvalue weighted by molar-refractivity contribution is 6.30. The Bertz CT molecular complexity index is 1330. The summed E-state index contributed by atoms with van der Waals surface area (Å²) < 4.78 is 3.00. The van der Waals surface area contributed by atoms with Gasteiger partial charge in [0, 0.05) is 11.6 Å². The van der Waals surface area contributed by atoms with Crippen molar-refractivity contribution in [3.63, 3.8) is 0 Å². The average Bonchev–Trinajstić information content (AvgIpc) is 3.15. The second-order valence-electron chi connectivity index (χ2n) is 7.66. The van der Waals surface area contributed by atoms with Crippen LogP contribution in [0.25, 0.3) is 16.6 Å². The third kappa shape index (κ3) is 4.03. The van der Waals surface area contributed by atoms with E-state index in [1.165, 1.54) is 4.68 Å². The fourth-order valence-corrected chi connectivity index (χ4v) is 3.99. The van der Waals surface area contributed by atoms with E-state index in [-0.39, 0.29) is 11.5 Å². The van der Waals surface area contributed by atoms with Crippen LogP contribution in [0.2, 0.25) is 5.02 Å². The van der Waals surface area contributed by atoms with Gasteiger partial charge in [-0.25, -0.2) is 9.36 Å². The number of nitrogens with one attached hydrogen (secondary N) is 1. The number of carbonyl (C=O) groups is 1. The fourth-order valence-electron chi connectivity index (χ4n) is 3.86. The van der Waals surface area contributed by atoms with E-state index in [0.717, 1.165) is 16.9 Å². The number of carbonyl (C=O) groups excluding carboxylic acids is 1. The van der Waals surface area contributed by atoms with Crippen LogP contribution in [0.5, 0.6) is 0 Å². The number of amides is 1. The minimum absolute atomic E-state index is 0.269. The molecule has 2 aromatic heterocycles. The highest BCUT2D eigenvalue weighted by atomic mass is 35.5. The Kier molecular flexibility index (Phi) is 6.10. The van der Waals surface area contributed by atoms with Gasteiger partial charge >= 0.3 is 0 Å². The van der Waals surface area contributed by atoms with Crippen LogP contribution in [0, 0.1) is 13.8 Å². The summed E-state index contributed by atoms with van der Waals surface area (Å²) in [4.78, 5) is 26.3. The molecule has 1 N–H and O–H groups in total. The zero-order valence-corrected chi connectivity index (χ0v) is 18.9. The molecular formula is C24H24ClN5O2. The third-order valence-electron chi connectivity index (χ3n) is 5.51. The Balaban J connectivity index is 1.69. The largest absolute Gasteiger partial charge is 0.350 e. The van der Waals surface area contributed by atoms with E-state index in [1.54, 1.807) is 16.8 Å². The van der Waals surface area contributed by atoms with Crippen LogP contribution in [0.3, 0.4) is 0 Å². The number of rotatable bonds is 6. The van der Waals surface area contributed by atoms with Gasteiger partial charge in [-0.3, -0.25) is 9.59 Å². The van der Waals surface area contributed by atoms with Crippen molar-refractivity contribution in [1.82, 2.24) is 24.9 Å². The van der Waals surface area contributed by atoms with Crippen molar-refractivity contribution in [1.29, 1.82) is 0 Å². The highest BCUT2D eigenvalue weighted by Crippen LogP contribution is 2.22. The molecule has 0 saturated heterocycles. The van der Waals surface area contributed by atoms with Gasteiger partial charge < -0.3 is 5.32 Å². The Labute approximate surface area is 190 Å². The van der Waals surface area contributed by atoms with E-state index >= 15 is 0 Å². The Morgan fingerprint density at radius 3 is 2.41 bits per heavy atom. The predicted octanol–water partition coefficient (Wildman–Crippen LogP) is 4.12. The first-order valence-electron chi connectivity index (χ1n) is 10.5. The smallest absolute Gasteiger partial charge is 0.295 e. The number of aryl methyl sites for hydroxylation is 2. The minimum atomic E-state index is -0.736. The fraction of sp³-hybridized carbons (Fsp3) is 0.250. The second kappa shape index (κ2) is 8.96. The summed E-state index contributed by atoms with van der Waals surface area (Å²) >= 11 is 5.92. The van der Waals surface area contributed by atoms with Crippen LogP contribution in [0.15, 0.2) is 59.4 Å². The van der Waals surface area contributed by atoms with Gasteiger partial charge in [0.25, 0.3) is 5.56 Å². The summed E-state index contributed by atoms with van der Waals surface area (Å²) in [6.45, 7) is 5.94. The van der Waals surface area contributed by atoms with Gasteiger partial charge in [-0.05, 0) is 50.1 Å². The molecule has 1 atom stereocenters. The number of hydrogen-bond donors (Lipinski definition) is 1. The summed E-state index contributed by atoms with van der Waals surface area (Å²) in [6, 6.07) is 16.1. The average molecular weight is 450 g/mol. The number of benzene rings is 2. The lowest BCUT2D eigenvalue weighted by Crippen LogP contribution is -2.38. The molecule has 0 aliphatic carbocycles. The summed E-state index contributed by atoms with van der Waals surface area (Å²) in [5.41, 5.74) is 3.20. The lowest BCUT2D eigenvalue weighted by atomic mass is 10.1. The standard InChI is InChI=1S/C24H24ClN5O2/c1-4-20(23(31)26-14-17-10-12-18(25)13-11-17)30-24(32)22-21(15(2)27-30)16(3)29(28-22)19-8-6-5-7-9-19/h5-13,20H,4,14H2,1-3H3,(H,26,31)/t20-/m0/s1. The SMILES string of the molecule is CC[C@@H](C(=O)NCc1ccc(Cl)cc1)n1nc(C)c2c(C)n(-c3ccccc3)nc2c1=O. The van der Waals surface area contributed by atoms with Crippen LogP contribution in [0.4, 0.5) is 0 Å². The van der Waals surface area contributed by atoms with Crippen molar-refractivity contribution in [3.8, 4) is 5.69 Å². The number of fused-ring (bicyclic) bond motifs is 1. The summed E-state index contributed by atoms with van der Waals surface area (Å²) in [6.07, 6.45) is 0.419. The maximum Gasteiger partial charge on any atom is 0.295 e. The number of para-hydroxylation sites is 1. The normalized spacial score (nSPS) is 12.1. The first-order valence-corrected chi connectivity index (χ1v) is 10.8. The zero-order valence-electron chi connectivity index (χ0n) is 18.2. The minimum Gasteiger partial charge on any atom is -0.350 e. The molecule has 0 spiro atoms. The molecule has 8 heteroatoms. The number of halogens is 1. The topological polar surface area (TPSA) is 81.8 Å². The number of aromatic nitrogens is 4. The van der Waals surface area contributed by atoms with E-state index in [9.17, 15) is 9.59 Å². The van der Waals surface area contributed by atoms with Crippen LogP contribution in [-0.2, 0) is 11.3 Å². The summed E-state index contributed by atoms with van der Waals surface area (Å²) in [5, 5.41) is 13.3. The van der Waals surface area contributed by atoms with Gasteiger partial charge in [0.05, 0.1) is 22.5 Å². The van der Waals surface area contributed by atoms with Crippen molar-refractivity contribution in [3.05, 3.63) is 86.9 Å². The monoisotopic (exact) mass is 449 g/mol. The van der Waals surface area contributed by atoms with Crippen molar-refractivity contribution in [2.75, 3.05) is 0 Å². The molecule has 4 rings (SSSR count). The highest BCUT2D eigenvalue weighted by Gasteiger charge is 2.25. The molecule has 7 nitrogen and oxygen atoms in total. The van der Waals surface area contributed by atoms with Crippen molar-refractivity contribution in [2.24, 2.45) is 0 Å². The molecule has 0 fully saturated rings. The molecule has 164 valence electrons. The Morgan fingerprint density at radius 2 is 1.75 bits per heavy atom. The first kappa shape index (κ1) is 21.8. The molecule has 0 unspecified atom stereocenters. The Morgan fingerprint density at radius 1 is 1.06 bits per heavy atom. The maximum atomic E-state index is 13.3. The summed E-state index contributed by atoms with van der Waals surface area (Å²) in [7, 11) is 0. The zero-order chi connectivity index (χ0) is 22.8. The van der Waals surface area contributed by atoms with E-state index in [0.29, 0.717) is 34.6 Å². The molecule has 1 amide bonds.